The van der Waals surface area contributed by atoms with E-state index in [-0.39, 0.29) is 11.9 Å². The summed E-state index contributed by atoms with van der Waals surface area (Å²) >= 11 is 0. The third-order valence-electron chi connectivity index (χ3n) is 5.26. The average Bonchev–Trinajstić information content (AvgIpc) is 3.24. The largest absolute Gasteiger partial charge is 0.479 e. The van der Waals surface area contributed by atoms with Crippen LogP contribution in [0.3, 0.4) is 0 Å². The van der Waals surface area contributed by atoms with Gasteiger partial charge < -0.3 is 14.6 Å². The van der Waals surface area contributed by atoms with Gasteiger partial charge >= 0.3 is 0 Å². The molecule has 1 aromatic carbocycles. The van der Waals surface area contributed by atoms with Crippen molar-refractivity contribution >= 4 is 5.82 Å². The zero-order valence-corrected chi connectivity index (χ0v) is 18.5. The number of hydrogen-bond donors (Lipinski definition) is 1. The minimum absolute atomic E-state index is 0.00518. The maximum atomic E-state index is 13.3. The van der Waals surface area contributed by atoms with Crippen LogP contribution in [-0.4, -0.2) is 31.8 Å². The van der Waals surface area contributed by atoms with Crippen molar-refractivity contribution in [3.63, 3.8) is 0 Å². The molecule has 1 atom stereocenters. The zero-order chi connectivity index (χ0) is 22.7. The van der Waals surface area contributed by atoms with E-state index in [2.05, 4.69) is 32.4 Å². The van der Waals surface area contributed by atoms with Gasteiger partial charge in [0.1, 0.15) is 17.2 Å². The van der Waals surface area contributed by atoms with Crippen LogP contribution in [0.5, 0.6) is 5.88 Å². The van der Waals surface area contributed by atoms with Crippen LogP contribution in [-0.2, 0) is 0 Å². The highest BCUT2D eigenvalue weighted by Gasteiger charge is 2.15. The molecule has 1 unspecified atom stereocenters. The van der Waals surface area contributed by atoms with Crippen molar-refractivity contribution in [2.75, 3.05) is 12.4 Å². The van der Waals surface area contributed by atoms with Gasteiger partial charge in [-0.2, -0.15) is 0 Å². The first kappa shape index (κ1) is 21.4. The Morgan fingerprint density at radius 1 is 1.06 bits per heavy atom. The minimum atomic E-state index is -0.249. The van der Waals surface area contributed by atoms with Crippen LogP contribution >= 0.6 is 0 Å². The summed E-state index contributed by atoms with van der Waals surface area (Å²) in [6.45, 7) is 5.97. The van der Waals surface area contributed by atoms with Gasteiger partial charge in [0.05, 0.1) is 30.9 Å². The minimum Gasteiger partial charge on any atom is -0.479 e. The third-order valence-corrected chi connectivity index (χ3v) is 5.26. The van der Waals surface area contributed by atoms with E-state index in [9.17, 15) is 4.39 Å². The number of hydrogen-bond acceptors (Lipinski definition) is 6. The number of nitrogens with zero attached hydrogens (tertiary/aromatic N) is 5. The summed E-state index contributed by atoms with van der Waals surface area (Å²) < 4.78 is 20.6. The summed E-state index contributed by atoms with van der Waals surface area (Å²) in [5.41, 5.74) is 4.95. The monoisotopic (exact) mass is 432 g/mol. The molecule has 0 fully saturated rings. The number of anilines is 1. The molecule has 7 nitrogen and oxygen atoms in total. The highest BCUT2D eigenvalue weighted by atomic mass is 19.1. The van der Waals surface area contributed by atoms with Crippen LogP contribution in [0.4, 0.5) is 10.2 Å². The van der Waals surface area contributed by atoms with Crippen LogP contribution in [0.15, 0.2) is 55.0 Å². The van der Waals surface area contributed by atoms with Gasteiger partial charge in [0.15, 0.2) is 5.82 Å². The number of nitrogens with one attached hydrogen (secondary N) is 1. The number of imidazole rings is 1. The van der Waals surface area contributed by atoms with Crippen molar-refractivity contribution in [2.24, 2.45) is 0 Å². The van der Waals surface area contributed by atoms with Gasteiger partial charge in [-0.3, -0.25) is 0 Å². The summed E-state index contributed by atoms with van der Waals surface area (Å²) in [6.07, 6.45) is 4.46. The van der Waals surface area contributed by atoms with Gasteiger partial charge in [-0.05, 0) is 61.7 Å². The molecular formula is C24H25FN6O. The van der Waals surface area contributed by atoms with Gasteiger partial charge in [0, 0.05) is 6.20 Å². The van der Waals surface area contributed by atoms with Gasteiger partial charge in [0.2, 0.25) is 5.88 Å². The van der Waals surface area contributed by atoms with Crippen molar-refractivity contribution in [2.45, 2.75) is 33.2 Å². The van der Waals surface area contributed by atoms with Crippen molar-refractivity contribution in [3.8, 4) is 23.0 Å². The number of aryl methyl sites for hydroxylation is 2. The summed E-state index contributed by atoms with van der Waals surface area (Å²) in [5.74, 6) is 0.910. The number of benzene rings is 1. The molecule has 4 aromatic rings. The molecule has 3 heterocycles. The van der Waals surface area contributed by atoms with Crippen LogP contribution in [0.1, 0.15) is 36.2 Å². The second-order valence-electron chi connectivity index (χ2n) is 7.57. The van der Waals surface area contributed by atoms with Gasteiger partial charge in [-0.15, -0.1) is 10.2 Å². The Labute approximate surface area is 186 Å². The van der Waals surface area contributed by atoms with Crippen LogP contribution in [0, 0.1) is 19.7 Å². The molecule has 4 rings (SSSR count). The SMILES string of the molecule is CCC(Nc1nnc(-c2ccc(-n3cnc(C)c3)c(OC)n2)cc1C)c1ccc(F)cc1. The lowest BCUT2D eigenvalue weighted by Crippen LogP contribution is -2.12. The summed E-state index contributed by atoms with van der Waals surface area (Å²) in [4.78, 5) is 8.88. The highest BCUT2D eigenvalue weighted by molar-refractivity contribution is 5.61. The molecule has 0 radical (unpaired) electrons. The standard InChI is InChI=1S/C24H25FN6O/c1-5-19(17-6-8-18(25)9-7-17)27-23-15(2)12-21(29-30-23)20-10-11-22(24(28-20)32-4)31-13-16(3)26-14-31/h6-14,19H,5H2,1-4H3,(H,27,30). The third kappa shape index (κ3) is 4.44. The molecule has 164 valence electrons. The second kappa shape index (κ2) is 9.13. The van der Waals surface area contributed by atoms with Crippen molar-refractivity contribution in [1.82, 2.24) is 24.7 Å². The molecule has 0 spiro atoms. The van der Waals surface area contributed by atoms with Crippen molar-refractivity contribution in [3.05, 3.63) is 77.6 Å². The van der Waals surface area contributed by atoms with Crippen molar-refractivity contribution < 1.29 is 9.13 Å². The fraction of sp³-hybridized carbons (Fsp3) is 0.250. The van der Waals surface area contributed by atoms with Crippen molar-refractivity contribution in [1.29, 1.82) is 0 Å². The highest BCUT2D eigenvalue weighted by Crippen LogP contribution is 2.28. The molecule has 1 N–H and O–H groups in total. The Hall–Kier alpha value is -3.81. The van der Waals surface area contributed by atoms with E-state index in [0.717, 1.165) is 28.9 Å². The molecule has 0 aliphatic heterocycles. The Kier molecular flexibility index (Phi) is 6.11. The predicted octanol–water partition coefficient (Wildman–Crippen LogP) is 5.05. The Balaban J connectivity index is 1.59. The van der Waals surface area contributed by atoms with E-state index in [1.807, 2.05) is 42.8 Å². The van der Waals surface area contributed by atoms with E-state index in [1.165, 1.54) is 12.1 Å². The number of rotatable bonds is 7. The smallest absolute Gasteiger partial charge is 0.238 e. The first-order chi connectivity index (χ1) is 15.5. The Morgan fingerprint density at radius 3 is 2.47 bits per heavy atom. The lowest BCUT2D eigenvalue weighted by molar-refractivity contribution is 0.396. The lowest BCUT2D eigenvalue weighted by Gasteiger charge is -2.19. The fourth-order valence-electron chi connectivity index (χ4n) is 3.51. The number of aromatic nitrogens is 5. The first-order valence-electron chi connectivity index (χ1n) is 10.4. The molecule has 0 saturated heterocycles. The fourth-order valence-corrected chi connectivity index (χ4v) is 3.51. The van der Waals surface area contributed by atoms with Crippen LogP contribution in [0.25, 0.3) is 17.1 Å². The van der Waals surface area contributed by atoms with Gasteiger partial charge in [-0.25, -0.2) is 14.4 Å². The number of ether oxygens (including phenoxy) is 1. The first-order valence-corrected chi connectivity index (χ1v) is 10.4. The van der Waals surface area contributed by atoms with Crippen LogP contribution in [0.2, 0.25) is 0 Å². The maximum absolute atomic E-state index is 13.3. The molecule has 32 heavy (non-hydrogen) atoms. The zero-order valence-electron chi connectivity index (χ0n) is 18.5. The number of halogens is 1. The molecule has 0 aliphatic carbocycles. The molecular weight excluding hydrogens is 407 g/mol. The summed E-state index contributed by atoms with van der Waals surface area (Å²) in [5, 5.41) is 12.2. The van der Waals surface area contributed by atoms with Gasteiger partial charge in [0.25, 0.3) is 0 Å². The topological polar surface area (TPSA) is 77.8 Å². The van der Waals surface area contributed by atoms with E-state index < -0.39 is 0 Å². The summed E-state index contributed by atoms with van der Waals surface area (Å²) in [7, 11) is 1.59. The van der Waals surface area contributed by atoms with E-state index in [1.54, 1.807) is 25.6 Å². The van der Waals surface area contributed by atoms with E-state index in [0.29, 0.717) is 23.1 Å². The normalized spacial score (nSPS) is 11.9. The quantitative estimate of drug-likeness (QED) is 0.440. The van der Waals surface area contributed by atoms with E-state index in [4.69, 9.17) is 4.74 Å². The number of methoxy groups -OCH3 is 1. The molecule has 0 bridgehead atoms. The maximum Gasteiger partial charge on any atom is 0.238 e. The summed E-state index contributed by atoms with van der Waals surface area (Å²) in [6, 6.07) is 12.3. The molecule has 0 amide bonds. The van der Waals surface area contributed by atoms with E-state index >= 15 is 0 Å². The predicted molar refractivity (Wildman–Crippen MR) is 121 cm³/mol. The number of pyridine rings is 1. The second-order valence-corrected chi connectivity index (χ2v) is 7.57. The Bertz CT molecular complexity index is 1220. The molecule has 0 saturated carbocycles. The molecule has 3 aromatic heterocycles. The van der Waals surface area contributed by atoms with Crippen LogP contribution < -0.4 is 10.1 Å². The molecule has 8 heteroatoms. The lowest BCUT2D eigenvalue weighted by atomic mass is 10.0. The average molecular weight is 433 g/mol. The van der Waals surface area contributed by atoms with Gasteiger partial charge in [-0.1, -0.05) is 19.1 Å². The molecule has 0 aliphatic rings. The Morgan fingerprint density at radius 2 is 1.84 bits per heavy atom.